The second-order valence-electron chi connectivity index (χ2n) is 5.38. The lowest BCUT2D eigenvalue weighted by Gasteiger charge is -2.03. The first-order valence-electron chi connectivity index (χ1n) is 7.76. The monoisotopic (exact) mass is 305 g/mol. The third kappa shape index (κ3) is 4.07. The molecule has 0 spiro atoms. The zero-order valence-electron chi connectivity index (χ0n) is 12.8. The van der Waals surface area contributed by atoms with Gasteiger partial charge < -0.3 is 5.32 Å². The number of nitrogens with zero attached hydrogens (tertiary/aromatic N) is 1. The van der Waals surface area contributed by atoms with E-state index in [1.54, 1.807) is 6.07 Å². The number of aromatic nitrogens is 2. The fourth-order valence-electron chi connectivity index (χ4n) is 2.43. The molecule has 1 amide bonds. The third-order valence-electron chi connectivity index (χ3n) is 3.66. The molecule has 0 unspecified atom stereocenters. The van der Waals surface area contributed by atoms with Crippen LogP contribution in [0.15, 0.2) is 66.7 Å². The van der Waals surface area contributed by atoms with Crippen LogP contribution in [-0.2, 0) is 6.42 Å². The normalized spacial score (nSPS) is 10.4. The van der Waals surface area contributed by atoms with E-state index in [1.807, 2.05) is 48.5 Å². The van der Waals surface area contributed by atoms with Crippen molar-refractivity contribution in [3.05, 3.63) is 78.0 Å². The van der Waals surface area contributed by atoms with Gasteiger partial charge in [0.1, 0.15) is 5.69 Å². The highest BCUT2D eigenvalue weighted by Gasteiger charge is 2.10. The average Bonchev–Trinajstić information content (AvgIpc) is 3.10. The Morgan fingerprint density at radius 2 is 1.70 bits per heavy atom. The highest BCUT2D eigenvalue weighted by atomic mass is 16.1. The number of aromatic amines is 1. The van der Waals surface area contributed by atoms with Gasteiger partial charge in [0.25, 0.3) is 5.91 Å². The maximum atomic E-state index is 12.1. The summed E-state index contributed by atoms with van der Waals surface area (Å²) < 4.78 is 0. The minimum absolute atomic E-state index is 0.118. The number of carbonyl (C=O) groups excluding carboxylic acids is 1. The molecule has 0 bridgehead atoms. The van der Waals surface area contributed by atoms with Crippen molar-refractivity contribution >= 4 is 5.91 Å². The molecule has 0 fully saturated rings. The Balaban J connectivity index is 1.50. The summed E-state index contributed by atoms with van der Waals surface area (Å²) in [5.41, 5.74) is 3.55. The van der Waals surface area contributed by atoms with Crippen LogP contribution in [0.3, 0.4) is 0 Å². The fourth-order valence-corrected chi connectivity index (χ4v) is 2.43. The van der Waals surface area contributed by atoms with Gasteiger partial charge in [-0.05, 0) is 24.5 Å². The zero-order valence-corrected chi connectivity index (χ0v) is 12.8. The average molecular weight is 305 g/mol. The van der Waals surface area contributed by atoms with Crippen molar-refractivity contribution in [1.82, 2.24) is 15.5 Å². The topological polar surface area (TPSA) is 57.8 Å². The van der Waals surface area contributed by atoms with Gasteiger partial charge in [-0.25, -0.2) is 0 Å². The summed E-state index contributed by atoms with van der Waals surface area (Å²) in [6.45, 7) is 0.646. The molecule has 4 nitrogen and oxygen atoms in total. The van der Waals surface area contributed by atoms with Gasteiger partial charge in [-0.3, -0.25) is 9.89 Å². The van der Waals surface area contributed by atoms with Crippen LogP contribution in [0.1, 0.15) is 22.5 Å². The van der Waals surface area contributed by atoms with E-state index in [2.05, 4.69) is 27.6 Å². The Labute approximate surface area is 135 Å². The second kappa shape index (κ2) is 7.40. The number of nitrogens with one attached hydrogen (secondary N) is 2. The summed E-state index contributed by atoms with van der Waals surface area (Å²) in [7, 11) is 0. The quantitative estimate of drug-likeness (QED) is 0.685. The van der Waals surface area contributed by atoms with Gasteiger partial charge in [-0.1, -0.05) is 60.7 Å². The predicted octanol–water partition coefficient (Wildman–Crippen LogP) is 3.44. The molecule has 4 heteroatoms. The van der Waals surface area contributed by atoms with Crippen molar-refractivity contribution < 1.29 is 4.79 Å². The predicted molar refractivity (Wildman–Crippen MR) is 91.1 cm³/mol. The molecule has 0 saturated heterocycles. The van der Waals surface area contributed by atoms with Gasteiger partial charge in [0.15, 0.2) is 0 Å². The number of hydrogen-bond acceptors (Lipinski definition) is 2. The molecule has 1 heterocycles. The molecule has 0 atom stereocenters. The van der Waals surface area contributed by atoms with Crippen LogP contribution in [0.25, 0.3) is 11.3 Å². The zero-order chi connectivity index (χ0) is 15.9. The van der Waals surface area contributed by atoms with Crippen LogP contribution in [0.5, 0.6) is 0 Å². The van der Waals surface area contributed by atoms with E-state index in [0.29, 0.717) is 12.2 Å². The summed E-state index contributed by atoms with van der Waals surface area (Å²) in [4.78, 5) is 12.1. The van der Waals surface area contributed by atoms with E-state index in [0.717, 1.165) is 24.1 Å². The van der Waals surface area contributed by atoms with Crippen molar-refractivity contribution in [3.63, 3.8) is 0 Å². The smallest absolute Gasteiger partial charge is 0.269 e. The Morgan fingerprint density at radius 1 is 1.00 bits per heavy atom. The first-order valence-corrected chi connectivity index (χ1v) is 7.76. The molecule has 0 radical (unpaired) electrons. The number of rotatable bonds is 6. The molecule has 3 aromatic rings. The van der Waals surface area contributed by atoms with Gasteiger partial charge >= 0.3 is 0 Å². The number of amides is 1. The van der Waals surface area contributed by atoms with Crippen LogP contribution in [0.4, 0.5) is 0 Å². The number of hydrogen-bond donors (Lipinski definition) is 2. The Bertz CT molecular complexity index is 751. The minimum atomic E-state index is -0.118. The summed E-state index contributed by atoms with van der Waals surface area (Å²) in [6.07, 6.45) is 1.87. The Hall–Kier alpha value is -2.88. The van der Waals surface area contributed by atoms with Crippen LogP contribution >= 0.6 is 0 Å². The molecule has 2 aromatic carbocycles. The third-order valence-corrected chi connectivity index (χ3v) is 3.66. The summed E-state index contributed by atoms with van der Waals surface area (Å²) in [5.74, 6) is -0.118. The molecule has 0 aliphatic rings. The molecular formula is C19H19N3O. The van der Waals surface area contributed by atoms with Gasteiger partial charge in [0.2, 0.25) is 0 Å². The molecule has 0 aliphatic heterocycles. The maximum absolute atomic E-state index is 12.1. The van der Waals surface area contributed by atoms with Crippen LogP contribution in [0, 0.1) is 0 Å². The summed E-state index contributed by atoms with van der Waals surface area (Å²) >= 11 is 0. The lowest BCUT2D eigenvalue weighted by atomic mass is 10.1. The van der Waals surface area contributed by atoms with Gasteiger partial charge in [-0.15, -0.1) is 0 Å². The summed E-state index contributed by atoms with van der Waals surface area (Å²) in [5, 5.41) is 9.92. The van der Waals surface area contributed by atoms with Gasteiger partial charge in [0.05, 0.1) is 5.69 Å². The largest absolute Gasteiger partial charge is 0.351 e. The number of carbonyl (C=O) groups is 1. The lowest BCUT2D eigenvalue weighted by Crippen LogP contribution is -2.25. The first kappa shape index (κ1) is 15.0. The van der Waals surface area contributed by atoms with Crippen molar-refractivity contribution in [2.45, 2.75) is 12.8 Å². The van der Waals surface area contributed by atoms with Gasteiger partial charge in [-0.2, -0.15) is 5.10 Å². The molecule has 0 aliphatic carbocycles. The van der Waals surface area contributed by atoms with Crippen molar-refractivity contribution in [1.29, 1.82) is 0 Å². The fraction of sp³-hybridized carbons (Fsp3) is 0.158. The van der Waals surface area contributed by atoms with E-state index >= 15 is 0 Å². The molecule has 116 valence electrons. The molecule has 23 heavy (non-hydrogen) atoms. The van der Waals surface area contributed by atoms with E-state index in [-0.39, 0.29) is 5.91 Å². The second-order valence-corrected chi connectivity index (χ2v) is 5.38. The maximum Gasteiger partial charge on any atom is 0.269 e. The molecule has 3 rings (SSSR count). The molecule has 2 N–H and O–H groups in total. The van der Waals surface area contributed by atoms with E-state index in [9.17, 15) is 4.79 Å². The highest BCUT2D eigenvalue weighted by molar-refractivity contribution is 5.93. The summed E-state index contributed by atoms with van der Waals surface area (Å²) in [6, 6.07) is 21.8. The minimum Gasteiger partial charge on any atom is -0.351 e. The van der Waals surface area contributed by atoms with E-state index in [4.69, 9.17) is 0 Å². The van der Waals surface area contributed by atoms with Gasteiger partial charge in [0, 0.05) is 12.1 Å². The molecular weight excluding hydrogens is 286 g/mol. The van der Waals surface area contributed by atoms with Crippen LogP contribution in [-0.4, -0.2) is 22.6 Å². The Kier molecular flexibility index (Phi) is 4.84. The Morgan fingerprint density at radius 3 is 2.43 bits per heavy atom. The van der Waals surface area contributed by atoms with Crippen LogP contribution < -0.4 is 5.32 Å². The SMILES string of the molecule is O=C(NCCCc1ccccc1)c1cc(-c2ccccc2)n[nH]1. The highest BCUT2D eigenvalue weighted by Crippen LogP contribution is 2.16. The molecule has 0 saturated carbocycles. The van der Waals surface area contributed by atoms with E-state index in [1.165, 1.54) is 5.56 Å². The first-order chi connectivity index (χ1) is 11.3. The number of benzene rings is 2. The van der Waals surface area contributed by atoms with Crippen molar-refractivity contribution in [2.24, 2.45) is 0 Å². The standard InChI is InChI=1S/C19H19N3O/c23-19(20-13-7-10-15-8-3-1-4-9-15)18-14-17(21-22-18)16-11-5-2-6-12-16/h1-6,8-9,11-12,14H,7,10,13H2,(H,20,23)(H,21,22). The van der Waals surface area contributed by atoms with E-state index < -0.39 is 0 Å². The molecule has 1 aromatic heterocycles. The van der Waals surface area contributed by atoms with Crippen LogP contribution in [0.2, 0.25) is 0 Å². The van der Waals surface area contributed by atoms with Crippen molar-refractivity contribution in [2.75, 3.05) is 6.54 Å². The lowest BCUT2D eigenvalue weighted by molar-refractivity contribution is 0.0948. The van der Waals surface area contributed by atoms with Crippen molar-refractivity contribution in [3.8, 4) is 11.3 Å². The number of H-pyrrole nitrogens is 1. The number of aryl methyl sites for hydroxylation is 1.